The number of halogens is 4. The van der Waals surface area contributed by atoms with Crippen molar-refractivity contribution in [1.82, 2.24) is 0 Å². The lowest BCUT2D eigenvalue weighted by Crippen LogP contribution is -2.18. The van der Waals surface area contributed by atoms with Crippen LogP contribution in [0.1, 0.15) is 22.3 Å². The number of ether oxygens (including phenoxy) is 2. The van der Waals surface area contributed by atoms with Crippen LogP contribution in [0.15, 0.2) is 23.1 Å². The van der Waals surface area contributed by atoms with Crippen molar-refractivity contribution in [3.63, 3.8) is 0 Å². The highest BCUT2D eigenvalue weighted by Gasteiger charge is 2.34. The van der Waals surface area contributed by atoms with Gasteiger partial charge >= 0.3 is 16.1 Å². The van der Waals surface area contributed by atoms with Gasteiger partial charge in [-0.1, -0.05) is 12.1 Å². The molecular formula is C16H10F4O6S. The molecule has 0 aliphatic carbocycles. The van der Waals surface area contributed by atoms with Gasteiger partial charge in [-0.05, 0) is 24.5 Å². The summed E-state index contributed by atoms with van der Waals surface area (Å²) in [6.07, 6.45) is 1.26. The number of carbonyl (C=O) groups is 1. The molecule has 0 atom stereocenters. The normalized spacial score (nSPS) is 13.7. The third kappa shape index (κ3) is 3.35. The van der Waals surface area contributed by atoms with Gasteiger partial charge in [-0.15, -0.1) is 0 Å². The van der Waals surface area contributed by atoms with Gasteiger partial charge in [0.1, 0.15) is 11.3 Å². The Morgan fingerprint density at radius 3 is 2.30 bits per heavy atom. The number of para-hydroxylation sites is 1. The molecule has 6 nitrogen and oxygen atoms in total. The molecule has 0 fully saturated rings. The van der Waals surface area contributed by atoms with Gasteiger partial charge in [0.05, 0.1) is 6.61 Å². The molecule has 11 heteroatoms. The topological polar surface area (TPSA) is 89.9 Å². The molecule has 1 heterocycles. The Hall–Kier alpha value is -2.66. The zero-order valence-electron chi connectivity index (χ0n) is 13.3. The Bertz CT molecular complexity index is 1020. The van der Waals surface area contributed by atoms with Gasteiger partial charge in [-0.25, -0.2) is 13.6 Å². The maximum absolute atomic E-state index is 14.0. The van der Waals surface area contributed by atoms with Crippen LogP contribution in [0, 0.1) is 23.3 Å². The third-order valence-corrected chi connectivity index (χ3v) is 4.66. The van der Waals surface area contributed by atoms with E-state index in [4.69, 9.17) is 9.29 Å². The Morgan fingerprint density at radius 1 is 1.07 bits per heavy atom. The number of rotatable bonds is 3. The molecule has 2 aromatic carbocycles. The van der Waals surface area contributed by atoms with Crippen LogP contribution < -0.4 is 9.47 Å². The second kappa shape index (κ2) is 6.82. The van der Waals surface area contributed by atoms with Gasteiger partial charge in [0.15, 0.2) is 16.5 Å². The summed E-state index contributed by atoms with van der Waals surface area (Å²) >= 11 is 0. The van der Waals surface area contributed by atoms with E-state index in [1.165, 1.54) is 12.1 Å². The average molecular weight is 406 g/mol. The summed E-state index contributed by atoms with van der Waals surface area (Å²) in [5, 5.41) is 0. The number of hydrogen-bond donors (Lipinski definition) is 1. The predicted molar refractivity (Wildman–Crippen MR) is 81.3 cm³/mol. The molecule has 1 aliphatic rings. The number of carbonyl (C=O) groups excluding carboxylic acids is 1. The van der Waals surface area contributed by atoms with Crippen LogP contribution in [0.5, 0.6) is 11.5 Å². The van der Waals surface area contributed by atoms with E-state index >= 15 is 0 Å². The highest BCUT2D eigenvalue weighted by atomic mass is 32.2. The highest BCUT2D eigenvalue weighted by molar-refractivity contribution is 7.85. The van der Waals surface area contributed by atoms with E-state index in [2.05, 4.69) is 4.74 Å². The fourth-order valence-corrected chi connectivity index (χ4v) is 3.24. The fourth-order valence-electron chi connectivity index (χ4n) is 2.60. The Morgan fingerprint density at radius 2 is 1.70 bits per heavy atom. The summed E-state index contributed by atoms with van der Waals surface area (Å²) in [6.45, 7) is 0.284. The monoisotopic (exact) mass is 406 g/mol. The molecule has 27 heavy (non-hydrogen) atoms. The minimum atomic E-state index is -5.61. The first-order chi connectivity index (χ1) is 12.6. The van der Waals surface area contributed by atoms with Crippen LogP contribution in [0.4, 0.5) is 17.6 Å². The molecule has 2 aromatic rings. The standard InChI is InChI=1S/C16H10F4O6S/c17-9-11(19)15(27(22,23)24)12(20)10(18)14(9)26-16(21)8-5-1-3-7-4-2-6-25-13(7)8/h1,3,5H,2,4,6H2,(H,22,23,24). The molecule has 0 radical (unpaired) electrons. The van der Waals surface area contributed by atoms with Crippen LogP contribution >= 0.6 is 0 Å². The molecule has 3 rings (SSSR count). The zero-order valence-corrected chi connectivity index (χ0v) is 14.1. The number of esters is 1. The van der Waals surface area contributed by atoms with Crippen molar-refractivity contribution in [3.8, 4) is 11.5 Å². The number of aryl methyl sites for hydroxylation is 1. The van der Waals surface area contributed by atoms with E-state index in [9.17, 15) is 30.8 Å². The van der Waals surface area contributed by atoms with Crippen LogP contribution in [0.25, 0.3) is 0 Å². The van der Waals surface area contributed by atoms with E-state index in [1.54, 1.807) is 6.07 Å². The van der Waals surface area contributed by atoms with Crippen LogP contribution in [0.3, 0.4) is 0 Å². The van der Waals surface area contributed by atoms with Gasteiger partial charge in [0.25, 0.3) is 0 Å². The first kappa shape index (κ1) is 19.1. The quantitative estimate of drug-likeness (QED) is 0.277. The maximum Gasteiger partial charge on any atom is 0.347 e. The third-order valence-electron chi connectivity index (χ3n) is 3.79. The molecule has 144 valence electrons. The second-order valence-corrected chi connectivity index (χ2v) is 6.88. The van der Waals surface area contributed by atoms with Gasteiger partial charge in [-0.3, -0.25) is 4.55 Å². The lowest BCUT2D eigenvalue weighted by atomic mass is 10.0. The molecule has 0 spiro atoms. The molecule has 1 aliphatic heterocycles. The summed E-state index contributed by atoms with van der Waals surface area (Å²) in [5.74, 6) is -12.5. The zero-order chi connectivity index (χ0) is 19.9. The van der Waals surface area contributed by atoms with Crippen molar-refractivity contribution in [2.24, 2.45) is 0 Å². The summed E-state index contributed by atoms with van der Waals surface area (Å²) in [6, 6.07) is 4.34. The van der Waals surface area contributed by atoms with Crippen molar-refractivity contribution in [1.29, 1.82) is 0 Å². The lowest BCUT2D eigenvalue weighted by Gasteiger charge is -2.19. The number of hydrogen-bond acceptors (Lipinski definition) is 5. The molecular weight excluding hydrogens is 396 g/mol. The Kier molecular flexibility index (Phi) is 4.82. The molecule has 0 saturated heterocycles. The molecule has 0 unspecified atom stereocenters. The molecule has 0 saturated carbocycles. The van der Waals surface area contributed by atoms with Crippen LogP contribution in [0.2, 0.25) is 0 Å². The number of benzene rings is 2. The van der Waals surface area contributed by atoms with Crippen molar-refractivity contribution in [2.45, 2.75) is 17.7 Å². The minimum absolute atomic E-state index is 0.116. The summed E-state index contributed by atoms with van der Waals surface area (Å²) < 4.78 is 95.9. The van der Waals surface area contributed by atoms with Crippen LogP contribution in [-0.2, 0) is 16.5 Å². The summed E-state index contributed by atoms with van der Waals surface area (Å²) in [4.78, 5) is 10.0. The average Bonchev–Trinajstić information content (AvgIpc) is 2.62. The smallest absolute Gasteiger partial charge is 0.347 e. The van der Waals surface area contributed by atoms with E-state index in [0.717, 1.165) is 0 Å². The molecule has 0 aromatic heterocycles. The molecule has 0 bridgehead atoms. The van der Waals surface area contributed by atoms with E-state index in [1.807, 2.05) is 0 Å². The minimum Gasteiger partial charge on any atom is -0.492 e. The van der Waals surface area contributed by atoms with Gasteiger partial charge in [0, 0.05) is 0 Å². The van der Waals surface area contributed by atoms with Crippen molar-refractivity contribution in [2.75, 3.05) is 6.61 Å². The van der Waals surface area contributed by atoms with Gasteiger partial charge in [-0.2, -0.15) is 17.2 Å². The van der Waals surface area contributed by atoms with Crippen molar-refractivity contribution in [3.05, 3.63) is 52.6 Å². The first-order valence-electron chi connectivity index (χ1n) is 7.43. The van der Waals surface area contributed by atoms with Gasteiger partial charge in [0.2, 0.25) is 17.4 Å². The van der Waals surface area contributed by atoms with E-state index < -0.39 is 50.0 Å². The highest BCUT2D eigenvalue weighted by Crippen LogP contribution is 2.34. The predicted octanol–water partition coefficient (Wildman–Crippen LogP) is 3.03. The fraction of sp³-hybridized carbons (Fsp3) is 0.188. The van der Waals surface area contributed by atoms with E-state index in [0.29, 0.717) is 18.4 Å². The SMILES string of the molecule is O=C(Oc1c(F)c(F)c(S(=O)(=O)O)c(F)c1F)c1cccc2c1OCCC2. The first-order valence-corrected chi connectivity index (χ1v) is 8.87. The Labute approximate surface area is 150 Å². The van der Waals surface area contributed by atoms with E-state index in [-0.39, 0.29) is 17.9 Å². The largest absolute Gasteiger partial charge is 0.492 e. The summed E-state index contributed by atoms with van der Waals surface area (Å²) in [5.41, 5.74) is 0.404. The molecule has 1 N–H and O–H groups in total. The number of fused-ring (bicyclic) bond motifs is 1. The lowest BCUT2D eigenvalue weighted by molar-refractivity contribution is 0.0711. The Balaban J connectivity index is 2.06. The van der Waals surface area contributed by atoms with Crippen LogP contribution in [-0.4, -0.2) is 25.5 Å². The molecule has 0 amide bonds. The second-order valence-electron chi connectivity index (χ2n) is 5.52. The maximum atomic E-state index is 14.0. The van der Waals surface area contributed by atoms with Gasteiger partial charge < -0.3 is 9.47 Å². The summed E-state index contributed by atoms with van der Waals surface area (Å²) in [7, 11) is -5.61. The van der Waals surface area contributed by atoms with Crippen molar-refractivity contribution < 1.29 is 44.8 Å². The van der Waals surface area contributed by atoms with Crippen molar-refractivity contribution >= 4 is 16.1 Å².